The van der Waals surface area contributed by atoms with Gasteiger partial charge in [0.25, 0.3) is 0 Å². The molecule has 0 unspecified atom stereocenters. The van der Waals surface area contributed by atoms with Crippen molar-refractivity contribution in [1.82, 2.24) is 0 Å². The van der Waals surface area contributed by atoms with Crippen LogP contribution < -0.4 is 11.1 Å². The average Bonchev–Trinajstić information content (AvgIpc) is 2.41. The zero-order chi connectivity index (χ0) is 12.0. The third kappa shape index (κ3) is 3.47. The molecule has 0 aromatic heterocycles. The minimum absolute atomic E-state index is 0.417. The number of rotatable bonds is 5. The Balaban J connectivity index is 1.80. The Hall–Kier alpha value is -1.02. The third-order valence-corrected chi connectivity index (χ3v) is 4.11. The summed E-state index contributed by atoms with van der Waals surface area (Å²) in [6.07, 6.45) is 7.97. The maximum Gasteiger partial charge on any atom is 0.0340 e. The van der Waals surface area contributed by atoms with Crippen molar-refractivity contribution < 1.29 is 0 Å². The van der Waals surface area contributed by atoms with Gasteiger partial charge in [-0.1, -0.05) is 37.5 Å². The number of para-hydroxylation sites is 1. The number of nitrogens with one attached hydrogen (secondary N) is 1. The molecule has 94 valence electrons. The molecule has 1 aliphatic carbocycles. The van der Waals surface area contributed by atoms with Gasteiger partial charge in [0.05, 0.1) is 0 Å². The van der Waals surface area contributed by atoms with Gasteiger partial charge in [0.1, 0.15) is 0 Å². The molecule has 1 fully saturated rings. The Bertz CT molecular complexity index is 315. The van der Waals surface area contributed by atoms with E-state index in [0.717, 1.165) is 13.1 Å². The Kier molecular flexibility index (Phi) is 4.43. The van der Waals surface area contributed by atoms with Crippen molar-refractivity contribution in [1.29, 1.82) is 0 Å². The van der Waals surface area contributed by atoms with Crippen LogP contribution in [0, 0.1) is 5.41 Å². The number of hydrogen-bond acceptors (Lipinski definition) is 2. The van der Waals surface area contributed by atoms with Crippen molar-refractivity contribution in [2.75, 3.05) is 18.4 Å². The second-order valence-corrected chi connectivity index (χ2v) is 5.31. The first-order valence-corrected chi connectivity index (χ1v) is 6.84. The number of hydrogen-bond donors (Lipinski definition) is 2. The second-order valence-electron chi connectivity index (χ2n) is 5.31. The van der Waals surface area contributed by atoms with Gasteiger partial charge in [-0.2, -0.15) is 0 Å². The highest BCUT2D eigenvalue weighted by molar-refractivity contribution is 5.42. The summed E-state index contributed by atoms with van der Waals surface area (Å²) >= 11 is 0. The van der Waals surface area contributed by atoms with Gasteiger partial charge < -0.3 is 11.1 Å². The molecule has 1 aliphatic rings. The first-order chi connectivity index (χ1) is 8.35. The molecule has 2 heteroatoms. The largest absolute Gasteiger partial charge is 0.385 e. The van der Waals surface area contributed by atoms with Crippen LogP contribution in [-0.2, 0) is 0 Å². The normalized spacial score (nSPS) is 18.9. The minimum Gasteiger partial charge on any atom is -0.385 e. The standard InChI is InChI=1S/C15H24N2/c16-13-15(9-5-2-6-10-15)11-12-17-14-7-3-1-4-8-14/h1,3-4,7-8,17H,2,5-6,9-13,16H2. The molecule has 1 saturated carbocycles. The lowest BCUT2D eigenvalue weighted by Crippen LogP contribution is -2.34. The van der Waals surface area contributed by atoms with E-state index in [1.54, 1.807) is 0 Å². The van der Waals surface area contributed by atoms with Crippen LogP contribution in [0.2, 0.25) is 0 Å². The summed E-state index contributed by atoms with van der Waals surface area (Å²) in [5.41, 5.74) is 7.62. The molecule has 0 heterocycles. The minimum atomic E-state index is 0.417. The van der Waals surface area contributed by atoms with Crippen LogP contribution in [0.3, 0.4) is 0 Å². The van der Waals surface area contributed by atoms with Gasteiger partial charge in [0.2, 0.25) is 0 Å². The lowest BCUT2D eigenvalue weighted by molar-refractivity contribution is 0.188. The zero-order valence-corrected chi connectivity index (χ0v) is 10.6. The van der Waals surface area contributed by atoms with E-state index in [1.165, 1.54) is 44.2 Å². The van der Waals surface area contributed by atoms with Crippen molar-refractivity contribution in [3.05, 3.63) is 30.3 Å². The maximum atomic E-state index is 5.99. The molecule has 0 aliphatic heterocycles. The van der Waals surface area contributed by atoms with Gasteiger partial charge in [0.15, 0.2) is 0 Å². The van der Waals surface area contributed by atoms with Crippen LogP contribution in [0.15, 0.2) is 30.3 Å². The highest BCUT2D eigenvalue weighted by Crippen LogP contribution is 2.38. The highest BCUT2D eigenvalue weighted by Gasteiger charge is 2.29. The maximum absolute atomic E-state index is 5.99. The fourth-order valence-corrected chi connectivity index (χ4v) is 2.89. The van der Waals surface area contributed by atoms with Gasteiger partial charge >= 0.3 is 0 Å². The SMILES string of the molecule is NCC1(CCNc2ccccc2)CCCCC1. The zero-order valence-electron chi connectivity index (χ0n) is 10.6. The molecule has 0 bridgehead atoms. The topological polar surface area (TPSA) is 38.0 Å². The van der Waals surface area contributed by atoms with Crippen molar-refractivity contribution in [2.24, 2.45) is 11.1 Å². The van der Waals surface area contributed by atoms with E-state index < -0.39 is 0 Å². The van der Waals surface area contributed by atoms with Gasteiger partial charge in [-0.15, -0.1) is 0 Å². The first-order valence-electron chi connectivity index (χ1n) is 6.84. The van der Waals surface area contributed by atoms with Crippen LogP contribution >= 0.6 is 0 Å². The molecular weight excluding hydrogens is 208 g/mol. The molecular formula is C15H24N2. The van der Waals surface area contributed by atoms with Crippen molar-refractivity contribution >= 4 is 5.69 Å². The van der Waals surface area contributed by atoms with Gasteiger partial charge in [-0.05, 0) is 43.4 Å². The van der Waals surface area contributed by atoms with Crippen molar-refractivity contribution in [3.8, 4) is 0 Å². The second kappa shape index (κ2) is 6.06. The van der Waals surface area contributed by atoms with E-state index in [2.05, 4.69) is 29.6 Å². The van der Waals surface area contributed by atoms with Crippen LogP contribution in [0.5, 0.6) is 0 Å². The molecule has 3 N–H and O–H groups in total. The predicted molar refractivity (Wildman–Crippen MR) is 74.1 cm³/mol. The van der Waals surface area contributed by atoms with E-state index in [0.29, 0.717) is 5.41 Å². The summed E-state index contributed by atoms with van der Waals surface area (Å²) in [4.78, 5) is 0. The van der Waals surface area contributed by atoms with E-state index in [4.69, 9.17) is 5.73 Å². The van der Waals surface area contributed by atoms with Crippen LogP contribution in [0.25, 0.3) is 0 Å². The highest BCUT2D eigenvalue weighted by atomic mass is 14.9. The lowest BCUT2D eigenvalue weighted by Gasteiger charge is -2.36. The lowest BCUT2D eigenvalue weighted by atomic mass is 9.72. The molecule has 17 heavy (non-hydrogen) atoms. The Labute approximate surface area is 105 Å². The average molecular weight is 232 g/mol. The monoisotopic (exact) mass is 232 g/mol. The molecule has 0 amide bonds. The molecule has 0 radical (unpaired) electrons. The van der Waals surface area contributed by atoms with Gasteiger partial charge in [-0.25, -0.2) is 0 Å². The Morgan fingerprint density at radius 1 is 1.06 bits per heavy atom. The van der Waals surface area contributed by atoms with E-state index >= 15 is 0 Å². The molecule has 2 rings (SSSR count). The fraction of sp³-hybridized carbons (Fsp3) is 0.600. The summed E-state index contributed by atoms with van der Waals surface area (Å²) in [5, 5.41) is 3.50. The molecule has 0 spiro atoms. The number of benzene rings is 1. The van der Waals surface area contributed by atoms with Crippen LogP contribution in [-0.4, -0.2) is 13.1 Å². The summed E-state index contributed by atoms with van der Waals surface area (Å²) in [6.45, 7) is 1.89. The quantitative estimate of drug-likeness (QED) is 0.816. The number of anilines is 1. The van der Waals surface area contributed by atoms with Crippen molar-refractivity contribution in [2.45, 2.75) is 38.5 Å². The molecule has 1 aromatic carbocycles. The Morgan fingerprint density at radius 2 is 1.76 bits per heavy atom. The van der Waals surface area contributed by atoms with Gasteiger partial charge in [-0.3, -0.25) is 0 Å². The first kappa shape index (κ1) is 12.4. The molecule has 0 atom stereocenters. The van der Waals surface area contributed by atoms with Crippen molar-refractivity contribution in [3.63, 3.8) is 0 Å². The van der Waals surface area contributed by atoms with E-state index in [-0.39, 0.29) is 0 Å². The summed E-state index contributed by atoms with van der Waals surface area (Å²) in [5.74, 6) is 0. The summed E-state index contributed by atoms with van der Waals surface area (Å²) in [7, 11) is 0. The van der Waals surface area contributed by atoms with E-state index in [9.17, 15) is 0 Å². The predicted octanol–water partition coefficient (Wildman–Crippen LogP) is 3.40. The smallest absolute Gasteiger partial charge is 0.0340 e. The Morgan fingerprint density at radius 3 is 2.41 bits per heavy atom. The molecule has 2 nitrogen and oxygen atoms in total. The fourth-order valence-electron chi connectivity index (χ4n) is 2.89. The third-order valence-electron chi connectivity index (χ3n) is 4.11. The van der Waals surface area contributed by atoms with Crippen LogP contribution in [0.1, 0.15) is 38.5 Å². The molecule has 0 saturated heterocycles. The molecule has 1 aromatic rings. The van der Waals surface area contributed by atoms with Crippen LogP contribution in [0.4, 0.5) is 5.69 Å². The summed E-state index contributed by atoms with van der Waals surface area (Å²) in [6, 6.07) is 10.4. The van der Waals surface area contributed by atoms with E-state index in [1.807, 2.05) is 6.07 Å². The number of nitrogens with two attached hydrogens (primary N) is 1. The van der Waals surface area contributed by atoms with Gasteiger partial charge in [0, 0.05) is 12.2 Å². The summed E-state index contributed by atoms with van der Waals surface area (Å²) < 4.78 is 0.